The van der Waals surface area contributed by atoms with Gasteiger partial charge in [-0.1, -0.05) is 11.6 Å². The number of hydrogen-bond donors (Lipinski definition) is 2. The van der Waals surface area contributed by atoms with Crippen molar-refractivity contribution < 1.29 is 0 Å². The zero-order valence-electron chi connectivity index (χ0n) is 9.11. The summed E-state index contributed by atoms with van der Waals surface area (Å²) in [6.07, 6.45) is 3.46. The van der Waals surface area contributed by atoms with E-state index < -0.39 is 0 Å². The smallest absolute Gasteiger partial charge is 0.140 e. The molecule has 0 radical (unpaired) electrons. The van der Waals surface area contributed by atoms with Gasteiger partial charge in [0.2, 0.25) is 0 Å². The van der Waals surface area contributed by atoms with E-state index in [1.807, 2.05) is 6.07 Å². The second kappa shape index (κ2) is 4.26. The molecule has 0 amide bonds. The largest absolute Gasteiger partial charge is 0.397 e. The number of imidazole rings is 1. The van der Waals surface area contributed by atoms with Crippen LogP contribution >= 0.6 is 27.5 Å². The number of anilines is 1. The first kappa shape index (κ1) is 11.5. The third-order valence-corrected chi connectivity index (χ3v) is 3.21. The number of fused-ring (bicyclic) bond motifs is 1. The van der Waals surface area contributed by atoms with E-state index in [0.29, 0.717) is 16.5 Å². The number of aromatic amines is 1. The fourth-order valence-electron chi connectivity index (χ4n) is 1.79. The summed E-state index contributed by atoms with van der Waals surface area (Å²) in [5.41, 5.74) is 8.86. The molecule has 4 nitrogen and oxygen atoms in total. The number of benzene rings is 1. The van der Waals surface area contributed by atoms with Gasteiger partial charge in [0.1, 0.15) is 11.3 Å². The predicted octanol–water partition coefficient (Wildman–Crippen LogP) is 3.62. The van der Waals surface area contributed by atoms with Crippen molar-refractivity contribution >= 4 is 44.3 Å². The van der Waals surface area contributed by atoms with Gasteiger partial charge in [0.15, 0.2) is 0 Å². The van der Waals surface area contributed by atoms with E-state index in [2.05, 4.69) is 30.9 Å². The van der Waals surface area contributed by atoms with E-state index in [1.165, 1.54) is 0 Å². The van der Waals surface area contributed by atoms with Crippen LogP contribution in [-0.4, -0.2) is 15.0 Å². The molecule has 0 saturated heterocycles. The van der Waals surface area contributed by atoms with Crippen LogP contribution in [0.1, 0.15) is 0 Å². The average molecular weight is 324 g/mol. The molecule has 2 heterocycles. The van der Waals surface area contributed by atoms with Gasteiger partial charge in [-0.05, 0) is 34.1 Å². The van der Waals surface area contributed by atoms with Crippen LogP contribution in [0.5, 0.6) is 0 Å². The van der Waals surface area contributed by atoms with Crippen molar-refractivity contribution in [1.29, 1.82) is 0 Å². The fraction of sp³-hybridized carbons (Fsp3) is 0. The highest BCUT2D eigenvalue weighted by molar-refractivity contribution is 9.10. The van der Waals surface area contributed by atoms with Gasteiger partial charge in [0.05, 0.1) is 11.2 Å². The lowest BCUT2D eigenvalue weighted by molar-refractivity contribution is 1.26. The Kier molecular flexibility index (Phi) is 2.72. The third-order valence-electron chi connectivity index (χ3n) is 2.56. The highest BCUT2D eigenvalue weighted by Gasteiger charge is 2.09. The van der Waals surface area contributed by atoms with E-state index in [0.717, 1.165) is 21.1 Å². The first-order valence-corrected chi connectivity index (χ1v) is 6.36. The van der Waals surface area contributed by atoms with Crippen LogP contribution in [0.3, 0.4) is 0 Å². The Hall–Kier alpha value is -1.59. The van der Waals surface area contributed by atoms with E-state index in [4.69, 9.17) is 17.3 Å². The number of hydrogen-bond acceptors (Lipinski definition) is 3. The Morgan fingerprint density at radius 3 is 2.83 bits per heavy atom. The minimum absolute atomic E-state index is 0.558. The lowest BCUT2D eigenvalue weighted by Crippen LogP contribution is -1.86. The summed E-state index contributed by atoms with van der Waals surface area (Å²) in [5, 5.41) is 0.586. The molecule has 0 atom stereocenters. The zero-order chi connectivity index (χ0) is 12.7. The molecular formula is C12H8BrClN4. The Balaban J connectivity index is 2.22. The van der Waals surface area contributed by atoms with Crippen LogP contribution < -0.4 is 5.73 Å². The van der Waals surface area contributed by atoms with Gasteiger partial charge in [-0.2, -0.15) is 0 Å². The van der Waals surface area contributed by atoms with Gasteiger partial charge < -0.3 is 10.7 Å². The SMILES string of the molecule is Nc1cc(Cl)cc2[nH]c(-c3cncc(Br)c3)nc12. The highest BCUT2D eigenvalue weighted by Crippen LogP contribution is 2.27. The molecule has 3 N–H and O–H groups in total. The molecule has 3 rings (SSSR count). The molecule has 6 heteroatoms. The highest BCUT2D eigenvalue weighted by atomic mass is 79.9. The maximum absolute atomic E-state index is 5.96. The summed E-state index contributed by atoms with van der Waals surface area (Å²) >= 11 is 9.34. The molecular weight excluding hydrogens is 316 g/mol. The quantitative estimate of drug-likeness (QED) is 0.672. The number of nitrogens with one attached hydrogen (secondary N) is 1. The molecule has 0 aliphatic carbocycles. The van der Waals surface area contributed by atoms with Crippen molar-refractivity contribution in [2.24, 2.45) is 0 Å². The summed E-state index contributed by atoms with van der Waals surface area (Å²) in [6.45, 7) is 0. The Morgan fingerprint density at radius 2 is 2.06 bits per heavy atom. The van der Waals surface area contributed by atoms with Gasteiger partial charge in [-0.15, -0.1) is 0 Å². The number of nitrogens with two attached hydrogens (primary N) is 1. The van der Waals surface area contributed by atoms with E-state index >= 15 is 0 Å². The number of H-pyrrole nitrogens is 1. The lowest BCUT2D eigenvalue weighted by atomic mass is 10.3. The summed E-state index contributed by atoms with van der Waals surface area (Å²) in [5.74, 6) is 0.716. The second-order valence-electron chi connectivity index (χ2n) is 3.87. The maximum Gasteiger partial charge on any atom is 0.140 e. The van der Waals surface area contributed by atoms with Gasteiger partial charge in [-0.3, -0.25) is 4.98 Å². The van der Waals surface area contributed by atoms with E-state index in [1.54, 1.807) is 24.5 Å². The van der Waals surface area contributed by atoms with Gasteiger partial charge >= 0.3 is 0 Å². The van der Waals surface area contributed by atoms with Crippen molar-refractivity contribution in [3.63, 3.8) is 0 Å². The Bertz CT molecular complexity index is 738. The monoisotopic (exact) mass is 322 g/mol. The molecule has 0 aliphatic heterocycles. The number of rotatable bonds is 1. The molecule has 0 saturated carbocycles. The summed E-state index contributed by atoms with van der Waals surface area (Å²) in [6, 6.07) is 5.42. The number of nitrogen functional groups attached to an aromatic ring is 1. The average Bonchev–Trinajstić information content (AvgIpc) is 2.73. The number of nitrogens with zero attached hydrogens (tertiary/aromatic N) is 2. The summed E-state index contributed by atoms with van der Waals surface area (Å²) in [7, 11) is 0. The molecule has 0 spiro atoms. The number of halogens is 2. The van der Waals surface area contributed by atoms with Crippen molar-refractivity contribution in [3.05, 3.63) is 40.1 Å². The van der Waals surface area contributed by atoms with Crippen molar-refractivity contribution in [3.8, 4) is 11.4 Å². The molecule has 90 valence electrons. The van der Waals surface area contributed by atoms with Gasteiger partial charge in [0.25, 0.3) is 0 Å². The molecule has 0 unspecified atom stereocenters. The maximum atomic E-state index is 5.96. The summed E-state index contributed by atoms with van der Waals surface area (Å²) < 4.78 is 0.895. The minimum atomic E-state index is 0.558. The van der Waals surface area contributed by atoms with Crippen LogP contribution in [0, 0.1) is 0 Å². The molecule has 1 aromatic carbocycles. The molecule has 18 heavy (non-hydrogen) atoms. The molecule has 2 aromatic heterocycles. The lowest BCUT2D eigenvalue weighted by Gasteiger charge is -1.95. The van der Waals surface area contributed by atoms with Crippen LogP contribution in [0.25, 0.3) is 22.4 Å². The van der Waals surface area contributed by atoms with Crippen molar-refractivity contribution in [2.75, 3.05) is 5.73 Å². The number of aromatic nitrogens is 3. The first-order valence-electron chi connectivity index (χ1n) is 5.19. The standard InChI is InChI=1S/C12H8BrClN4/c13-7-1-6(4-16-5-7)12-17-10-3-8(14)2-9(15)11(10)18-12/h1-5H,15H2,(H,17,18). The van der Waals surface area contributed by atoms with Crippen molar-refractivity contribution in [2.45, 2.75) is 0 Å². The fourth-order valence-corrected chi connectivity index (χ4v) is 2.38. The van der Waals surface area contributed by atoms with E-state index in [-0.39, 0.29) is 0 Å². The van der Waals surface area contributed by atoms with Gasteiger partial charge in [-0.25, -0.2) is 4.98 Å². The van der Waals surface area contributed by atoms with Crippen LogP contribution in [-0.2, 0) is 0 Å². The topological polar surface area (TPSA) is 67.6 Å². The first-order chi connectivity index (χ1) is 8.63. The zero-order valence-corrected chi connectivity index (χ0v) is 11.5. The molecule has 0 bridgehead atoms. The van der Waals surface area contributed by atoms with Crippen LogP contribution in [0.4, 0.5) is 5.69 Å². The Morgan fingerprint density at radius 1 is 1.22 bits per heavy atom. The third kappa shape index (κ3) is 1.95. The molecule has 0 fully saturated rings. The minimum Gasteiger partial charge on any atom is -0.397 e. The predicted molar refractivity (Wildman–Crippen MR) is 76.4 cm³/mol. The second-order valence-corrected chi connectivity index (χ2v) is 5.22. The van der Waals surface area contributed by atoms with Crippen LogP contribution in [0.15, 0.2) is 35.1 Å². The molecule has 0 aliphatic rings. The molecule has 3 aromatic rings. The Labute approximate surface area is 116 Å². The van der Waals surface area contributed by atoms with Crippen molar-refractivity contribution in [1.82, 2.24) is 15.0 Å². The normalized spacial score (nSPS) is 11.0. The number of pyridine rings is 1. The van der Waals surface area contributed by atoms with E-state index in [9.17, 15) is 0 Å². The van der Waals surface area contributed by atoms with Crippen LogP contribution in [0.2, 0.25) is 5.02 Å². The summed E-state index contributed by atoms with van der Waals surface area (Å²) in [4.78, 5) is 11.8. The van der Waals surface area contributed by atoms with Gasteiger partial charge in [0, 0.05) is 27.5 Å².